The smallest absolute Gasteiger partial charge is 0.0953 e. The SMILES string of the molecule is CC(C)c1cn(C)nc1C(C)O. The van der Waals surface area contributed by atoms with E-state index in [-0.39, 0.29) is 0 Å². The molecule has 68 valence electrons. The Hall–Kier alpha value is -0.830. The molecule has 1 N–H and O–H groups in total. The van der Waals surface area contributed by atoms with E-state index < -0.39 is 6.10 Å². The highest BCUT2D eigenvalue weighted by atomic mass is 16.3. The van der Waals surface area contributed by atoms with Gasteiger partial charge < -0.3 is 5.11 Å². The first kappa shape index (κ1) is 9.26. The van der Waals surface area contributed by atoms with Crippen molar-refractivity contribution in [2.45, 2.75) is 32.8 Å². The Morgan fingerprint density at radius 2 is 2.00 bits per heavy atom. The third-order valence-electron chi connectivity index (χ3n) is 1.90. The zero-order chi connectivity index (χ0) is 9.30. The Balaban J connectivity index is 3.08. The molecule has 3 nitrogen and oxygen atoms in total. The molecule has 0 saturated heterocycles. The minimum atomic E-state index is -0.469. The van der Waals surface area contributed by atoms with Crippen LogP contribution in [0.25, 0.3) is 0 Å². The highest BCUT2D eigenvalue weighted by Gasteiger charge is 2.14. The second kappa shape index (κ2) is 3.27. The highest BCUT2D eigenvalue weighted by molar-refractivity contribution is 5.22. The van der Waals surface area contributed by atoms with Crippen molar-refractivity contribution in [3.8, 4) is 0 Å². The van der Waals surface area contributed by atoms with Crippen LogP contribution in [0.5, 0.6) is 0 Å². The average Bonchev–Trinajstić information content (AvgIpc) is 2.31. The van der Waals surface area contributed by atoms with Crippen LogP contribution in [0.3, 0.4) is 0 Å². The molecule has 1 atom stereocenters. The first-order chi connectivity index (χ1) is 5.52. The zero-order valence-corrected chi connectivity index (χ0v) is 8.07. The summed E-state index contributed by atoms with van der Waals surface area (Å²) in [5.41, 5.74) is 1.93. The molecule has 0 amide bonds. The Labute approximate surface area is 73.0 Å². The first-order valence-electron chi connectivity index (χ1n) is 4.24. The van der Waals surface area contributed by atoms with Gasteiger partial charge >= 0.3 is 0 Å². The van der Waals surface area contributed by atoms with Crippen LogP contribution < -0.4 is 0 Å². The third kappa shape index (κ3) is 1.67. The maximum Gasteiger partial charge on any atom is 0.0953 e. The van der Waals surface area contributed by atoms with E-state index in [0.717, 1.165) is 11.3 Å². The minimum absolute atomic E-state index is 0.420. The fourth-order valence-corrected chi connectivity index (χ4v) is 1.29. The number of hydrogen-bond acceptors (Lipinski definition) is 2. The van der Waals surface area contributed by atoms with Gasteiger partial charge in [-0.1, -0.05) is 13.8 Å². The number of aliphatic hydroxyl groups is 1. The minimum Gasteiger partial charge on any atom is -0.387 e. The van der Waals surface area contributed by atoms with E-state index in [1.807, 2.05) is 13.2 Å². The molecule has 0 fully saturated rings. The molecule has 0 bridgehead atoms. The van der Waals surface area contributed by atoms with E-state index in [1.165, 1.54) is 0 Å². The normalized spacial score (nSPS) is 13.8. The van der Waals surface area contributed by atoms with Crippen LogP contribution in [0.2, 0.25) is 0 Å². The number of aryl methyl sites for hydroxylation is 1. The summed E-state index contributed by atoms with van der Waals surface area (Å²) in [7, 11) is 1.87. The van der Waals surface area contributed by atoms with Crippen LogP contribution in [0, 0.1) is 0 Å². The molecule has 1 rings (SSSR count). The van der Waals surface area contributed by atoms with Gasteiger partial charge in [0, 0.05) is 13.2 Å². The lowest BCUT2D eigenvalue weighted by Crippen LogP contribution is -1.98. The third-order valence-corrected chi connectivity index (χ3v) is 1.90. The monoisotopic (exact) mass is 168 g/mol. The molecule has 1 aromatic heterocycles. The number of aliphatic hydroxyl groups excluding tert-OH is 1. The molecule has 1 heterocycles. The molecule has 0 aliphatic carbocycles. The van der Waals surface area contributed by atoms with Gasteiger partial charge in [0.1, 0.15) is 0 Å². The summed E-state index contributed by atoms with van der Waals surface area (Å²) in [5.74, 6) is 0.420. The van der Waals surface area contributed by atoms with E-state index in [1.54, 1.807) is 11.6 Å². The van der Waals surface area contributed by atoms with E-state index in [9.17, 15) is 5.11 Å². The highest BCUT2D eigenvalue weighted by Crippen LogP contribution is 2.22. The molecular weight excluding hydrogens is 152 g/mol. The number of aromatic nitrogens is 2. The van der Waals surface area contributed by atoms with Gasteiger partial charge in [0.05, 0.1) is 11.8 Å². The molecule has 0 radical (unpaired) electrons. The van der Waals surface area contributed by atoms with Crippen molar-refractivity contribution in [1.29, 1.82) is 0 Å². The fraction of sp³-hybridized carbons (Fsp3) is 0.667. The Bertz CT molecular complexity index is 238. The summed E-state index contributed by atoms with van der Waals surface area (Å²) in [6.45, 7) is 5.94. The Kier molecular flexibility index (Phi) is 2.52. The van der Waals surface area contributed by atoms with Crippen molar-refractivity contribution in [3.63, 3.8) is 0 Å². The van der Waals surface area contributed by atoms with Crippen LogP contribution in [0.15, 0.2) is 6.20 Å². The van der Waals surface area contributed by atoms with Gasteiger partial charge in [-0.05, 0) is 18.4 Å². The van der Waals surface area contributed by atoms with Gasteiger partial charge in [-0.15, -0.1) is 0 Å². The molecule has 0 aromatic carbocycles. The zero-order valence-electron chi connectivity index (χ0n) is 8.07. The molecule has 0 saturated carbocycles. The van der Waals surface area contributed by atoms with E-state index in [2.05, 4.69) is 18.9 Å². The molecule has 0 spiro atoms. The molecule has 1 unspecified atom stereocenters. The summed E-state index contributed by atoms with van der Waals surface area (Å²) in [5, 5.41) is 13.6. The summed E-state index contributed by atoms with van der Waals surface area (Å²) < 4.78 is 1.75. The summed E-state index contributed by atoms with van der Waals surface area (Å²) >= 11 is 0. The molecule has 0 aliphatic heterocycles. The summed E-state index contributed by atoms with van der Waals surface area (Å²) in [6, 6.07) is 0. The Morgan fingerprint density at radius 1 is 1.42 bits per heavy atom. The topological polar surface area (TPSA) is 38.0 Å². The van der Waals surface area contributed by atoms with Gasteiger partial charge in [0.2, 0.25) is 0 Å². The number of rotatable bonds is 2. The van der Waals surface area contributed by atoms with E-state index in [4.69, 9.17) is 0 Å². The van der Waals surface area contributed by atoms with Gasteiger partial charge in [0.15, 0.2) is 0 Å². The van der Waals surface area contributed by atoms with Crippen molar-refractivity contribution < 1.29 is 5.11 Å². The fourth-order valence-electron chi connectivity index (χ4n) is 1.29. The average molecular weight is 168 g/mol. The van der Waals surface area contributed by atoms with Gasteiger partial charge in [-0.3, -0.25) is 4.68 Å². The quantitative estimate of drug-likeness (QED) is 0.728. The Morgan fingerprint density at radius 3 is 2.33 bits per heavy atom. The van der Waals surface area contributed by atoms with Crippen molar-refractivity contribution in [2.24, 2.45) is 7.05 Å². The summed E-state index contributed by atoms with van der Waals surface area (Å²) in [6.07, 6.45) is 1.50. The second-order valence-electron chi connectivity index (χ2n) is 3.47. The lowest BCUT2D eigenvalue weighted by Gasteiger charge is -2.06. The molecular formula is C9H16N2O. The van der Waals surface area contributed by atoms with Crippen molar-refractivity contribution >= 4 is 0 Å². The second-order valence-corrected chi connectivity index (χ2v) is 3.47. The van der Waals surface area contributed by atoms with Crippen molar-refractivity contribution in [1.82, 2.24) is 9.78 Å². The molecule has 12 heavy (non-hydrogen) atoms. The maximum absolute atomic E-state index is 9.39. The van der Waals surface area contributed by atoms with Gasteiger partial charge in [0.25, 0.3) is 0 Å². The van der Waals surface area contributed by atoms with Gasteiger partial charge in [-0.2, -0.15) is 5.10 Å². The maximum atomic E-state index is 9.39. The van der Waals surface area contributed by atoms with Crippen LogP contribution >= 0.6 is 0 Å². The predicted octanol–water partition coefficient (Wildman–Crippen LogP) is 1.60. The molecule has 0 aliphatic rings. The molecule has 1 aromatic rings. The lowest BCUT2D eigenvalue weighted by molar-refractivity contribution is 0.192. The predicted molar refractivity (Wildman–Crippen MR) is 47.9 cm³/mol. The lowest BCUT2D eigenvalue weighted by atomic mass is 10.0. The van der Waals surface area contributed by atoms with Crippen molar-refractivity contribution in [3.05, 3.63) is 17.5 Å². The van der Waals surface area contributed by atoms with Crippen LogP contribution in [0.4, 0.5) is 0 Å². The van der Waals surface area contributed by atoms with Crippen LogP contribution in [0.1, 0.15) is 44.1 Å². The number of hydrogen-bond donors (Lipinski definition) is 1. The summed E-state index contributed by atoms with van der Waals surface area (Å²) in [4.78, 5) is 0. The van der Waals surface area contributed by atoms with Crippen LogP contribution in [-0.4, -0.2) is 14.9 Å². The van der Waals surface area contributed by atoms with Crippen LogP contribution in [-0.2, 0) is 7.05 Å². The van der Waals surface area contributed by atoms with E-state index >= 15 is 0 Å². The largest absolute Gasteiger partial charge is 0.387 e. The van der Waals surface area contributed by atoms with Crippen molar-refractivity contribution in [2.75, 3.05) is 0 Å². The standard InChI is InChI=1S/C9H16N2O/c1-6(2)8-5-11(4)10-9(8)7(3)12/h5-7,12H,1-4H3. The van der Waals surface area contributed by atoms with E-state index in [0.29, 0.717) is 5.92 Å². The first-order valence-corrected chi connectivity index (χ1v) is 4.24. The molecule has 3 heteroatoms. The number of nitrogens with zero attached hydrogens (tertiary/aromatic N) is 2. The van der Waals surface area contributed by atoms with Gasteiger partial charge in [-0.25, -0.2) is 0 Å².